The molecule has 3 aromatic carbocycles. The molecule has 1 fully saturated rings. The van der Waals surface area contributed by atoms with E-state index in [1.165, 1.54) is 17.8 Å². The van der Waals surface area contributed by atoms with Crippen LogP contribution in [0.25, 0.3) is 21.2 Å². The number of benzene rings is 3. The summed E-state index contributed by atoms with van der Waals surface area (Å²) in [6, 6.07) is 21.9. The number of Topliss-reactive ketones (excluding diaryl/α,β-unsaturated/α-hetero) is 1. The van der Waals surface area contributed by atoms with Gasteiger partial charge in [-0.25, -0.2) is 0 Å². The third-order valence-electron chi connectivity index (χ3n) is 7.33. The van der Waals surface area contributed by atoms with Crippen molar-refractivity contribution < 1.29 is 14.3 Å². The van der Waals surface area contributed by atoms with Crippen molar-refractivity contribution in [2.75, 3.05) is 6.61 Å². The zero-order chi connectivity index (χ0) is 26.6. The summed E-state index contributed by atoms with van der Waals surface area (Å²) in [4.78, 5) is 28.5. The molecule has 0 unspecified atom stereocenters. The Bertz CT molecular complexity index is 1450. The maximum absolute atomic E-state index is 14.1. The second kappa shape index (κ2) is 11.7. The molecule has 0 radical (unpaired) electrons. The van der Waals surface area contributed by atoms with Crippen LogP contribution in [0.4, 0.5) is 0 Å². The van der Waals surface area contributed by atoms with Gasteiger partial charge in [0.2, 0.25) is 0 Å². The van der Waals surface area contributed by atoms with Gasteiger partial charge in [-0.1, -0.05) is 79.4 Å². The van der Waals surface area contributed by atoms with Gasteiger partial charge in [0.25, 0.3) is 5.91 Å². The van der Waals surface area contributed by atoms with Crippen LogP contribution in [-0.2, 0) is 6.54 Å². The van der Waals surface area contributed by atoms with Crippen molar-refractivity contribution in [2.24, 2.45) is 0 Å². The molecule has 0 spiro atoms. The zero-order valence-electron chi connectivity index (χ0n) is 21.8. The number of halogens is 1. The van der Waals surface area contributed by atoms with Gasteiger partial charge in [0.1, 0.15) is 10.6 Å². The topological polar surface area (TPSA) is 46.6 Å². The minimum atomic E-state index is -0.0123. The lowest BCUT2D eigenvalue weighted by Crippen LogP contribution is -2.40. The summed E-state index contributed by atoms with van der Waals surface area (Å²) < 4.78 is 7.04. The lowest BCUT2D eigenvalue weighted by atomic mass is 9.93. The summed E-state index contributed by atoms with van der Waals surface area (Å²) >= 11 is 8.24. The zero-order valence-corrected chi connectivity index (χ0v) is 23.4. The van der Waals surface area contributed by atoms with Gasteiger partial charge >= 0.3 is 0 Å². The second-order valence-corrected chi connectivity index (χ2v) is 11.3. The fourth-order valence-electron chi connectivity index (χ4n) is 5.30. The fraction of sp³-hybridized carbons (Fsp3) is 0.312. The Hall–Kier alpha value is -3.15. The number of carbonyl (C=O) groups excluding carboxylic acids is 2. The Morgan fingerprint density at radius 2 is 1.68 bits per heavy atom. The van der Waals surface area contributed by atoms with Gasteiger partial charge in [0.15, 0.2) is 5.78 Å². The Morgan fingerprint density at radius 1 is 0.974 bits per heavy atom. The summed E-state index contributed by atoms with van der Waals surface area (Å²) in [5.41, 5.74) is 3.70. The number of ether oxygens (including phenoxy) is 1. The third kappa shape index (κ3) is 5.50. The van der Waals surface area contributed by atoms with Crippen molar-refractivity contribution in [1.29, 1.82) is 0 Å². The maximum atomic E-state index is 14.1. The average molecular weight is 546 g/mol. The Balaban J connectivity index is 1.53. The molecule has 1 aliphatic carbocycles. The first-order valence-electron chi connectivity index (χ1n) is 13.3. The molecule has 196 valence electrons. The molecule has 5 rings (SSSR count). The van der Waals surface area contributed by atoms with E-state index in [0.29, 0.717) is 28.6 Å². The minimum absolute atomic E-state index is 0.0123. The van der Waals surface area contributed by atoms with Gasteiger partial charge in [-0.3, -0.25) is 9.59 Å². The van der Waals surface area contributed by atoms with E-state index < -0.39 is 0 Å². The van der Waals surface area contributed by atoms with E-state index in [9.17, 15) is 9.59 Å². The van der Waals surface area contributed by atoms with Crippen LogP contribution in [-0.4, -0.2) is 29.2 Å². The number of carbonyl (C=O) groups is 2. The van der Waals surface area contributed by atoms with Crippen molar-refractivity contribution in [3.8, 4) is 16.9 Å². The number of amides is 1. The van der Waals surface area contributed by atoms with Gasteiger partial charge in [-0.2, -0.15) is 0 Å². The molecule has 4 aromatic rings. The highest BCUT2D eigenvalue weighted by atomic mass is 35.5. The smallest absolute Gasteiger partial charge is 0.266 e. The normalized spacial score (nSPS) is 14.0. The van der Waals surface area contributed by atoms with Crippen LogP contribution in [0.5, 0.6) is 5.75 Å². The molecule has 1 saturated carbocycles. The Kier molecular flexibility index (Phi) is 8.15. The van der Waals surface area contributed by atoms with Gasteiger partial charge in [-0.15, -0.1) is 11.3 Å². The van der Waals surface area contributed by atoms with Crippen molar-refractivity contribution in [2.45, 2.75) is 58.5 Å². The number of rotatable bonds is 8. The van der Waals surface area contributed by atoms with Crippen LogP contribution in [0.15, 0.2) is 66.7 Å². The molecule has 0 atom stereocenters. The first kappa shape index (κ1) is 26.5. The van der Waals surface area contributed by atoms with Crippen molar-refractivity contribution in [3.05, 3.63) is 87.8 Å². The second-order valence-electron chi connectivity index (χ2n) is 9.86. The van der Waals surface area contributed by atoms with Crippen LogP contribution < -0.4 is 4.74 Å². The Labute approximate surface area is 233 Å². The van der Waals surface area contributed by atoms with E-state index in [4.69, 9.17) is 16.3 Å². The van der Waals surface area contributed by atoms with Gasteiger partial charge in [-0.05, 0) is 56.0 Å². The number of nitrogens with zero attached hydrogens (tertiary/aromatic N) is 1. The fourth-order valence-corrected chi connectivity index (χ4v) is 6.77. The first-order chi connectivity index (χ1) is 18.5. The van der Waals surface area contributed by atoms with E-state index in [1.54, 1.807) is 6.92 Å². The van der Waals surface area contributed by atoms with Crippen molar-refractivity contribution >= 4 is 44.7 Å². The highest BCUT2D eigenvalue weighted by Gasteiger charge is 2.30. The molecule has 0 aliphatic heterocycles. The predicted octanol–water partition coefficient (Wildman–Crippen LogP) is 8.80. The van der Waals surface area contributed by atoms with Crippen LogP contribution in [0.3, 0.4) is 0 Å². The van der Waals surface area contributed by atoms with Crippen LogP contribution in [0.2, 0.25) is 5.02 Å². The number of thiophene rings is 1. The van der Waals surface area contributed by atoms with E-state index in [2.05, 4.69) is 6.07 Å². The first-order valence-corrected chi connectivity index (χ1v) is 14.5. The monoisotopic (exact) mass is 545 g/mol. The molecule has 4 nitrogen and oxygen atoms in total. The predicted molar refractivity (Wildman–Crippen MR) is 157 cm³/mol. The van der Waals surface area contributed by atoms with E-state index in [-0.39, 0.29) is 17.7 Å². The molecule has 1 heterocycles. The summed E-state index contributed by atoms with van der Waals surface area (Å²) in [5, 5.41) is 1.47. The highest BCUT2D eigenvalue weighted by Crippen LogP contribution is 2.38. The van der Waals surface area contributed by atoms with Crippen molar-refractivity contribution in [3.63, 3.8) is 0 Å². The summed E-state index contributed by atoms with van der Waals surface area (Å²) in [5.74, 6) is 0.819. The molecular formula is C32H32ClNO3S. The molecule has 0 N–H and O–H groups in total. The largest absolute Gasteiger partial charge is 0.494 e. The number of ketones is 1. The lowest BCUT2D eigenvalue weighted by molar-refractivity contribution is 0.0617. The SMILES string of the molecule is CCOc1ccc(-c2ccc(C(C)=O)cc2)cc1CN(C(=O)c1sc2ccccc2c1Cl)C1CCCCC1. The molecule has 38 heavy (non-hydrogen) atoms. The van der Waals surface area contributed by atoms with Gasteiger partial charge in [0.05, 0.1) is 11.6 Å². The van der Waals surface area contributed by atoms with Crippen molar-refractivity contribution in [1.82, 2.24) is 4.90 Å². The van der Waals surface area contributed by atoms with Gasteiger partial charge in [0, 0.05) is 33.8 Å². The van der Waals surface area contributed by atoms with E-state index >= 15 is 0 Å². The third-order valence-corrected chi connectivity index (χ3v) is 8.99. The lowest BCUT2D eigenvalue weighted by Gasteiger charge is -2.35. The molecule has 1 aliphatic rings. The molecule has 6 heteroatoms. The quantitative estimate of drug-likeness (QED) is 0.208. The minimum Gasteiger partial charge on any atom is -0.494 e. The van der Waals surface area contributed by atoms with E-state index in [1.807, 2.05) is 72.5 Å². The molecule has 1 aromatic heterocycles. The summed E-state index contributed by atoms with van der Waals surface area (Å²) in [6.07, 6.45) is 5.43. The van der Waals surface area contributed by atoms with Crippen LogP contribution in [0, 0.1) is 0 Å². The summed E-state index contributed by atoms with van der Waals surface area (Å²) in [6.45, 7) is 4.53. The van der Waals surface area contributed by atoms with Crippen LogP contribution in [0.1, 0.15) is 71.5 Å². The highest BCUT2D eigenvalue weighted by molar-refractivity contribution is 7.21. The number of hydrogen-bond donors (Lipinski definition) is 0. The van der Waals surface area contributed by atoms with Crippen LogP contribution >= 0.6 is 22.9 Å². The summed E-state index contributed by atoms with van der Waals surface area (Å²) in [7, 11) is 0. The van der Waals surface area contributed by atoms with E-state index in [0.717, 1.165) is 58.2 Å². The number of hydrogen-bond acceptors (Lipinski definition) is 4. The standard InChI is InChI=1S/C32H32ClNO3S/c1-3-37-28-18-17-24(23-15-13-22(14-16-23)21(2)35)19-25(28)20-34(26-9-5-4-6-10-26)32(36)31-30(33)27-11-7-8-12-29(27)38-31/h7-8,11-19,26H,3-6,9-10,20H2,1-2H3. The molecule has 1 amide bonds. The maximum Gasteiger partial charge on any atom is 0.266 e. The molecule has 0 saturated heterocycles. The Morgan fingerprint density at radius 3 is 2.37 bits per heavy atom. The molecule has 0 bridgehead atoms. The molecular weight excluding hydrogens is 514 g/mol. The van der Waals surface area contributed by atoms with Gasteiger partial charge < -0.3 is 9.64 Å². The average Bonchev–Trinajstić information content (AvgIpc) is 3.29. The number of fused-ring (bicyclic) bond motifs is 1.